The van der Waals surface area contributed by atoms with Gasteiger partial charge < -0.3 is 26.2 Å². The first-order valence-corrected chi connectivity index (χ1v) is 4.41. The molecule has 6 N–H and O–H groups in total. The highest BCUT2D eigenvalue weighted by molar-refractivity contribution is 5.91. The highest BCUT2D eigenvalue weighted by atomic mass is 16.4. The quantitative estimate of drug-likeness (QED) is 0.375. The van der Waals surface area contributed by atoms with Crippen LogP contribution >= 0.6 is 0 Å². The summed E-state index contributed by atoms with van der Waals surface area (Å²) in [7, 11) is 0. The lowest BCUT2D eigenvalue weighted by Crippen LogP contribution is -2.32. The third-order valence-corrected chi connectivity index (χ3v) is 1.38. The van der Waals surface area contributed by atoms with Crippen LogP contribution < -0.4 is 5.73 Å². The van der Waals surface area contributed by atoms with Crippen molar-refractivity contribution in [3.63, 3.8) is 0 Å². The van der Waals surface area contributed by atoms with Crippen LogP contribution in [-0.2, 0) is 19.2 Å². The van der Waals surface area contributed by atoms with Gasteiger partial charge in [-0.2, -0.15) is 0 Å². The molecule has 0 aromatic rings. The average molecular weight is 263 g/mol. The number of nitrogens with two attached hydrogens (primary N) is 1. The fourth-order valence-corrected chi connectivity index (χ4v) is 0.534. The minimum atomic E-state index is -1.29. The van der Waals surface area contributed by atoms with Crippen molar-refractivity contribution in [2.45, 2.75) is 18.9 Å². The molecule has 0 aromatic heterocycles. The van der Waals surface area contributed by atoms with Gasteiger partial charge >= 0.3 is 23.9 Å². The maximum absolute atomic E-state index is 9.87. The van der Waals surface area contributed by atoms with Gasteiger partial charge in [-0.1, -0.05) is 6.58 Å². The van der Waals surface area contributed by atoms with E-state index in [4.69, 9.17) is 26.2 Å². The number of rotatable bonds is 6. The molecule has 0 saturated heterocycles. The second-order valence-electron chi connectivity index (χ2n) is 3.02. The van der Waals surface area contributed by atoms with E-state index < -0.39 is 42.8 Å². The summed E-state index contributed by atoms with van der Waals surface area (Å²) in [5.74, 6) is -4.94. The van der Waals surface area contributed by atoms with Crippen LogP contribution in [0, 0.1) is 0 Å². The Morgan fingerprint density at radius 3 is 1.56 bits per heavy atom. The van der Waals surface area contributed by atoms with Crippen molar-refractivity contribution in [3.05, 3.63) is 12.2 Å². The standard InChI is InChI=1S/C5H6O4.C4H7NO4/c1-3(5(8)9)2-4(6)7;5-2(4(8)9)1-3(6)7/h1-2H2,(H,6,7)(H,8,9);2H,1,5H2,(H,6,7)(H,8,9). The zero-order chi connectivity index (χ0) is 14.9. The van der Waals surface area contributed by atoms with Crippen molar-refractivity contribution >= 4 is 23.9 Å². The summed E-state index contributed by atoms with van der Waals surface area (Å²) >= 11 is 0. The van der Waals surface area contributed by atoms with Crippen molar-refractivity contribution in [1.29, 1.82) is 0 Å². The molecule has 9 heteroatoms. The summed E-state index contributed by atoms with van der Waals surface area (Å²) in [5.41, 5.74) is 4.53. The van der Waals surface area contributed by atoms with E-state index in [0.29, 0.717) is 0 Å². The lowest BCUT2D eigenvalue weighted by Gasteiger charge is -1.99. The number of hydrogen-bond donors (Lipinski definition) is 5. The minimum Gasteiger partial charge on any atom is -0.481 e. The lowest BCUT2D eigenvalue weighted by molar-refractivity contribution is -0.144. The van der Waals surface area contributed by atoms with Gasteiger partial charge in [0, 0.05) is 5.57 Å². The Labute approximate surface area is 101 Å². The van der Waals surface area contributed by atoms with Crippen molar-refractivity contribution in [1.82, 2.24) is 0 Å². The smallest absolute Gasteiger partial charge is 0.331 e. The molecule has 0 amide bonds. The summed E-state index contributed by atoms with van der Waals surface area (Å²) in [5, 5.41) is 32.1. The van der Waals surface area contributed by atoms with Gasteiger partial charge in [0.2, 0.25) is 0 Å². The fraction of sp³-hybridized carbons (Fsp3) is 0.333. The molecule has 9 nitrogen and oxygen atoms in total. The van der Waals surface area contributed by atoms with E-state index >= 15 is 0 Å². The Balaban J connectivity index is 0. The molecule has 0 spiro atoms. The van der Waals surface area contributed by atoms with Crippen LogP contribution in [0.3, 0.4) is 0 Å². The maximum Gasteiger partial charge on any atom is 0.331 e. The van der Waals surface area contributed by atoms with Crippen LogP contribution in [0.5, 0.6) is 0 Å². The Kier molecular flexibility index (Phi) is 8.68. The summed E-state index contributed by atoms with van der Waals surface area (Å²) < 4.78 is 0. The predicted octanol–water partition coefficient (Wildman–Crippen LogP) is -1.03. The third kappa shape index (κ3) is 11.7. The SMILES string of the molecule is C=C(CC(=O)O)C(=O)O.NC(CC(=O)O)C(=O)O. The average Bonchev–Trinajstić information content (AvgIpc) is 2.16. The highest BCUT2D eigenvalue weighted by Crippen LogP contribution is 1.95. The highest BCUT2D eigenvalue weighted by Gasteiger charge is 2.14. The van der Waals surface area contributed by atoms with Crippen LogP contribution in [0.4, 0.5) is 0 Å². The van der Waals surface area contributed by atoms with E-state index in [1.54, 1.807) is 0 Å². The molecule has 0 radical (unpaired) electrons. The third-order valence-electron chi connectivity index (χ3n) is 1.38. The van der Waals surface area contributed by atoms with Gasteiger partial charge in [0.1, 0.15) is 6.04 Å². The van der Waals surface area contributed by atoms with Crippen molar-refractivity contribution in [3.8, 4) is 0 Å². The Bertz CT molecular complexity index is 362. The molecule has 0 saturated carbocycles. The maximum atomic E-state index is 9.87. The number of carboxylic acid groups (broad SMARTS) is 4. The van der Waals surface area contributed by atoms with Crippen LogP contribution in [0.2, 0.25) is 0 Å². The van der Waals surface area contributed by atoms with Gasteiger partial charge in [-0.25, -0.2) is 4.79 Å². The Hall–Kier alpha value is -2.42. The van der Waals surface area contributed by atoms with Crippen LogP contribution in [0.1, 0.15) is 12.8 Å². The molecule has 0 aliphatic carbocycles. The van der Waals surface area contributed by atoms with Crippen molar-refractivity contribution in [2.24, 2.45) is 5.73 Å². The van der Waals surface area contributed by atoms with Crippen LogP contribution in [0.15, 0.2) is 12.2 Å². The molecule has 0 bridgehead atoms. The van der Waals surface area contributed by atoms with E-state index in [-0.39, 0.29) is 5.57 Å². The van der Waals surface area contributed by atoms with E-state index in [1.807, 2.05) is 0 Å². The molecule has 0 aliphatic rings. The molecule has 0 fully saturated rings. The molecule has 0 aromatic carbocycles. The minimum absolute atomic E-state index is 0.303. The molecule has 102 valence electrons. The summed E-state index contributed by atoms with van der Waals surface area (Å²) in [6.45, 7) is 3.01. The number of aliphatic carboxylic acids is 4. The summed E-state index contributed by atoms with van der Waals surface area (Å²) in [6, 6.07) is -1.29. The Morgan fingerprint density at radius 2 is 1.44 bits per heavy atom. The van der Waals surface area contributed by atoms with Gasteiger partial charge in [-0.3, -0.25) is 14.4 Å². The first-order chi connectivity index (χ1) is 8.07. The first kappa shape index (κ1) is 18.0. The molecular formula is C9H13NO8. The molecule has 18 heavy (non-hydrogen) atoms. The van der Waals surface area contributed by atoms with E-state index in [0.717, 1.165) is 0 Å². The van der Waals surface area contributed by atoms with E-state index in [1.165, 1.54) is 0 Å². The molecule has 1 atom stereocenters. The monoisotopic (exact) mass is 263 g/mol. The Morgan fingerprint density at radius 1 is 1.00 bits per heavy atom. The van der Waals surface area contributed by atoms with Gasteiger partial charge in [0.15, 0.2) is 0 Å². The zero-order valence-electron chi connectivity index (χ0n) is 9.20. The van der Waals surface area contributed by atoms with Crippen LogP contribution in [-0.4, -0.2) is 50.3 Å². The second-order valence-corrected chi connectivity index (χ2v) is 3.02. The van der Waals surface area contributed by atoms with Crippen molar-refractivity contribution < 1.29 is 39.6 Å². The van der Waals surface area contributed by atoms with Crippen LogP contribution in [0.25, 0.3) is 0 Å². The summed E-state index contributed by atoms with van der Waals surface area (Å²) in [6.07, 6.45) is -1.04. The first-order valence-electron chi connectivity index (χ1n) is 4.41. The van der Waals surface area contributed by atoms with Gasteiger partial charge in [0.25, 0.3) is 0 Å². The van der Waals surface area contributed by atoms with Crippen molar-refractivity contribution in [2.75, 3.05) is 0 Å². The summed E-state index contributed by atoms with van der Waals surface area (Å²) in [4.78, 5) is 39.3. The largest absolute Gasteiger partial charge is 0.481 e. The second kappa shape index (κ2) is 8.70. The molecule has 0 rings (SSSR count). The van der Waals surface area contributed by atoms with Gasteiger partial charge in [-0.05, 0) is 0 Å². The van der Waals surface area contributed by atoms with E-state index in [2.05, 4.69) is 6.58 Å². The predicted molar refractivity (Wildman–Crippen MR) is 56.9 cm³/mol. The number of hydrogen-bond acceptors (Lipinski definition) is 5. The topological polar surface area (TPSA) is 175 Å². The normalized spacial score (nSPS) is 10.5. The number of carboxylic acids is 4. The molecular weight excluding hydrogens is 250 g/mol. The van der Waals surface area contributed by atoms with Gasteiger partial charge in [-0.15, -0.1) is 0 Å². The van der Waals surface area contributed by atoms with Gasteiger partial charge in [0.05, 0.1) is 12.8 Å². The molecule has 0 heterocycles. The molecule has 0 aliphatic heterocycles. The van der Waals surface area contributed by atoms with E-state index in [9.17, 15) is 19.2 Å². The lowest BCUT2D eigenvalue weighted by atomic mass is 10.2. The fourth-order valence-electron chi connectivity index (χ4n) is 0.534. The zero-order valence-corrected chi connectivity index (χ0v) is 9.20. The number of carbonyl (C=O) groups is 4. The molecule has 1 unspecified atom stereocenters.